The molecule has 0 saturated heterocycles. The van der Waals surface area contributed by atoms with Crippen LogP contribution in [-0.4, -0.2) is 36.6 Å². The van der Waals surface area contributed by atoms with Crippen molar-refractivity contribution in [2.24, 2.45) is 11.8 Å². The second-order valence-electron chi connectivity index (χ2n) is 8.73. The molecule has 0 radical (unpaired) electrons. The maximum Gasteiger partial charge on any atom is 0.413 e. The van der Waals surface area contributed by atoms with Crippen LogP contribution in [0.5, 0.6) is 5.88 Å². The van der Waals surface area contributed by atoms with Gasteiger partial charge in [0.25, 0.3) is 0 Å². The lowest BCUT2D eigenvalue weighted by Gasteiger charge is -2.37. The van der Waals surface area contributed by atoms with Crippen molar-refractivity contribution < 1.29 is 9.53 Å². The van der Waals surface area contributed by atoms with Gasteiger partial charge in [-0.3, -0.25) is 0 Å². The smallest absolute Gasteiger partial charge is 0.390 e. The van der Waals surface area contributed by atoms with Crippen molar-refractivity contribution in [3.05, 3.63) is 71.6 Å². The highest BCUT2D eigenvalue weighted by Crippen LogP contribution is 2.39. The quantitative estimate of drug-likeness (QED) is 0.480. The Kier molecular flexibility index (Phi) is 7.55. The maximum atomic E-state index is 12.3. The number of carbonyl (C=O) groups excluding carboxylic acids is 1. The fraction of sp³-hybridized carbons (Fsp3) is 0.385. The van der Waals surface area contributed by atoms with E-state index in [-0.39, 0.29) is 0 Å². The van der Waals surface area contributed by atoms with Crippen LogP contribution in [0.4, 0.5) is 4.79 Å². The Bertz CT molecular complexity index is 983. The van der Waals surface area contributed by atoms with Crippen molar-refractivity contribution in [2.75, 3.05) is 20.6 Å². The number of hydrogen-bond donors (Lipinski definition) is 1. The summed E-state index contributed by atoms with van der Waals surface area (Å²) < 4.78 is 5.40. The van der Waals surface area contributed by atoms with Gasteiger partial charge in [-0.25, -0.2) is 9.78 Å². The zero-order valence-electron chi connectivity index (χ0n) is 18.7. The first-order chi connectivity index (χ1) is 15.6. The van der Waals surface area contributed by atoms with E-state index in [4.69, 9.17) is 4.74 Å². The molecule has 4 rings (SSSR count). The topological polar surface area (TPSA) is 54.5 Å². The third-order valence-electron chi connectivity index (χ3n) is 6.27. The van der Waals surface area contributed by atoms with Gasteiger partial charge in [0, 0.05) is 18.2 Å². The van der Waals surface area contributed by atoms with Crippen LogP contribution in [0, 0.1) is 11.8 Å². The predicted octanol–water partition coefficient (Wildman–Crippen LogP) is 6.01. The van der Waals surface area contributed by atoms with E-state index in [0.717, 1.165) is 23.4 Å². The van der Waals surface area contributed by atoms with Crippen LogP contribution in [0.3, 0.4) is 0 Å². The number of carbonyl (C=O) groups is 1. The van der Waals surface area contributed by atoms with Gasteiger partial charge in [-0.1, -0.05) is 60.7 Å². The molecule has 0 aliphatic heterocycles. The number of amides is 1. The van der Waals surface area contributed by atoms with Gasteiger partial charge in [0.05, 0.1) is 5.38 Å². The second kappa shape index (κ2) is 10.7. The van der Waals surface area contributed by atoms with Gasteiger partial charge in [0.15, 0.2) is 0 Å². The molecule has 1 fully saturated rings. The van der Waals surface area contributed by atoms with Crippen molar-refractivity contribution in [3.8, 4) is 16.5 Å². The summed E-state index contributed by atoms with van der Waals surface area (Å²) in [6.07, 6.45) is 4.16. The average molecular weight is 450 g/mol. The molecular weight excluding hydrogens is 418 g/mol. The predicted molar refractivity (Wildman–Crippen MR) is 130 cm³/mol. The largest absolute Gasteiger partial charge is 0.413 e. The molecule has 1 aromatic heterocycles. The first kappa shape index (κ1) is 22.5. The molecule has 1 N–H and O–H groups in total. The van der Waals surface area contributed by atoms with Crippen LogP contribution in [0.25, 0.3) is 10.6 Å². The summed E-state index contributed by atoms with van der Waals surface area (Å²) >= 11 is 1.47. The fourth-order valence-electron chi connectivity index (χ4n) is 4.73. The number of rotatable bonds is 7. The third kappa shape index (κ3) is 5.75. The van der Waals surface area contributed by atoms with Crippen LogP contribution in [0.2, 0.25) is 0 Å². The Balaban J connectivity index is 1.23. The monoisotopic (exact) mass is 449 g/mol. The minimum absolute atomic E-state index is 0.353. The van der Waals surface area contributed by atoms with Crippen LogP contribution < -0.4 is 10.1 Å². The summed E-state index contributed by atoms with van der Waals surface area (Å²) in [5, 5.41) is 5.57. The average Bonchev–Trinajstić information content (AvgIpc) is 3.28. The molecule has 1 aliphatic rings. The summed E-state index contributed by atoms with van der Waals surface area (Å²) in [6, 6.07) is 21.1. The van der Waals surface area contributed by atoms with Crippen molar-refractivity contribution in [3.63, 3.8) is 0 Å². The van der Waals surface area contributed by atoms with E-state index < -0.39 is 6.09 Å². The van der Waals surface area contributed by atoms with E-state index in [1.54, 1.807) is 5.38 Å². The van der Waals surface area contributed by atoms with E-state index in [1.807, 2.05) is 30.3 Å². The molecule has 1 saturated carbocycles. The molecule has 32 heavy (non-hydrogen) atoms. The van der Waals surface area contributed by atoms with Crippen molar-refractivity contribution in [1.29, 1.82) is 0 Å². The highest BCUT2D eigenvalue weighted by molar-refractivity contribution is 7.13. The molecule has 1 unspecified atom stereocenters. The Hall–Kier alpha value is -2.70. The van der Waals surface area contributed by atoms with Crippen molar-refractivity contribution in [1.82, 2.24) is 15.2 Å². The lowest BCUT2D eigenvalue weighted by molar-refractivity contribution is 0.146. The summed E-state index contributed by atoms with van der Waals surface area (Å²) in [6.45, 7) is 0.652. The molecule has 0 spiro atoms. The van der Waals surface area contributed by atoms with Gasteiger partial charge < -0.3 is 15.0 Å². The Morgan fingerprint density at radius 1 is 1.06 bits per heavy atom. The first-order valence-corrected chi connectivity index (χ1v) is 12.2. The van der Waals surface area contributed by atoms with Crippen molar-refractivity contribution in [2.45, 2.75) is 31.7 Å². The maximum absolute atomic E-state index is 12.3. The normalized spacial score (nSPS) is 19.5. The molecule has 1 amide bonds. The standard InChI is InChI=1S/C26H31N3O2S/c1-29(2)24(20-9-5-3-6-10-20)21-15-13-19(14-16-21)17-27-26(30)31-23-18-32-25(28-23)22-11-7-4-8-12-22/h3-12,18-19,21,24H,13-17H2,1-2H3,(H,27,30). The highest BCUT2D eigenvalue weighted by Gasteiger charge is 2.30. The summed E-state index contributed by atoms with van der Waals surface area (Å²) in [4.78, 5) is 19.0. The molecule has 2 aromatic carbocycles. The van der Waals surface area contributed by atoms with Crippen LogP contribution >= 0.6 is 11.3 Å². The number of benzene rings is 2. The van der Waals surface area contributed by atoms with Crippen LogP contribution in [0.1, 0.15) is 37.3 Å². The number of aromatic nitrogens is 1. The second-order valence-corrected chi connectivity index (χ2v) is 9.59. The van der Waals surface area contributed by atoms with Gasteiger partial charge in [0.2, 0.25) is 5.88 Å². The summed E-state index contributed by atoms with van der Waals surface area (Å²) in [5.41, 5.74) is 2.41. The Labute approximate surface area is 194 Å². The SMILES string of the molecule is CN(C)C(c1ccccc1)C1CCC(CNC(=O)Oc2csc(-c3ccccc3)n2)CC1. The van der Waals surface area contributed by atoms with E-state index >= 15 is 0 Å². The van der Waals surface area contributed by atoms with E-state index in [2.05, 4.69) is 59.6 Å². The Morgan fingerprint density at radius 3 is 2.38 bits per heavy atom. The van der Waals surface area contributed by atoms with Gasteiger partial charge >= 0.3 is 6.09 Å². The number of nitrogens with one attached hydrogen (secondary N) is 1. The van der Waals surface area contributed by atoms with Crippen LogP contribution in [-0.2, 0) is 0 Å². The molecule has 1 heterocycles. The number of ether oxygens (including phenoxy) is 1. The molecule has 1 aliphatic carbocycles. The Morgan fingerprint density at radius 2 is 1.72 bits per heavy atom. The number of nitrogens with zero attached hydrogens (tertiary/aromatic N) is 2. The minimum Gasteiger partial charge on any atom is -0.390 e. The van der Waals surface area contributed by atoms with Gasteiger partial charge in [-0.15, -0.1) is 11.3 Å². The lowest BCUT2D eigenvalue weighted by Crippen LogP contribution is -2.35. The molecule has 3 aromatic rings. The zero-order valence-corrected chi connectivity index (χ0v) is 19.6. The third-order valence-corrected chi connectivity index (χ3v) is 7.14. The molecule has 0 bridgehead atoms. The molecule has 1 atom stereocenters. The van der Waals surface area contributed by atoms with E-state index in [1.165, 1.54) is 29.7 Å². The van der Waals surface area contributed by atoms with Gasteiger partial charge in [-0.05, 0) is 57.2 Å². The molecular formula is C26H31N3O2S. The van der Waals surface area contributed by atoms with E-state index in [0.29, 0.717) is 30.3 Å². The molecule has 168 valence electrons. The summed E-state index contributed by atoms with van der Waals surface area (Å²) in [5.74, 6) is 1.49. The van der Waals surface area contributed by atoms with Crippen LogP contribution in [0.15, 0.2) is 66.0 Å². The van der Waals surface area contributed by atoms with Gasteiger partial charge in [-0.2, -0.15) is 0 Å². The minimum atomic E-state index is -0.424. The lowest BCUT2D eigenvalue weighted by atomic mass is 9.76. The molecule has 6 heteroatoms. The molecule has 5 nitrogen and oxygen atoms in total. The van der Waals surface area contributed by atoms with Gasteiger partial charge in [0.1, 0.15) is 5.01 Å². The fourth-order valence-corrected chi connectivity index (χ4v) is 5.46. The number of thiazole rings is 1. The highest BCUT2D eigenvalue weighted by atomic mass is 32.1. The van der Waals surface area contributed by atoms with Crippen molar-refractivity contribution >= 4 is 17.4 Å². The zero-order chi connectivity index (χ0) is 22.3. The first-order valence-electron chi connectivity index (χ1n) is 11.3. The summed E-state index contributed by atoms with van der Waals surface area (Å²) in [7, 11) is 4.34. The number of hydrogen-bond acceptors (Lipinski definition) is 5. The van der Waals surface area contributed by atoms with E-state index in [9.17, 15) is 4.79 Å².